The van der Waals surface area contributed by atoms with Gasteiger partial charge in [0, 0.05) is 19.8 Å². The van der Waals surface area contributed by atoms with Crippen LogP contribution in [0.25, 0.3) is 0 Å². The molecule has 0 aliphatic rings. The zero-order valence-corrected chi connectivity index (χ0v) is 17.9. The number of nitrogens with zero attached hydrogens (tertiary/aromatic N) is 2. The number of carbonyl (C=O) groups excluding carboxylic acids is 1. The van der Waals surface area contributed by atoms with Gasteiger partial charge in [0.15, 0.2) is 6.10 Å². The fourth-order valence-electron chi connectivity index (χ4n) is 3.19. The number of aromatic hydroxyl groups is 1. The summed E-state index contributed by atoms with van der Waals surface area (Å²) in [6.45, 7) is 8.03. The third kappa shape index (κ3) is 5.08. The molecule has 2 rings (SSSR count). The zero-order chi connectivity index (χ0) is 22.3. The Morgan fingerprint density at radius 3 is 2.50 bits per heavy atom. The maximum atomic E-state index is 13.1. The lowest BCUT2D eigenvalue weighted by Crippen LogP contribution is -2.31. The quantitative estimate of drug-likeness (QED) is 0.474. The zero-order valence-electron chi connectivity index (χ0n) is 17.9. The second-order valence-corrected chi connectivity index (χ2v) is 6.94. The number of ketones is 1. The van der Waals surface area contributed by atoms with E-state index in [9.17, 15) is 20.0 Å². The number of nitriles is 1. The number of hydrogen-bond acceptors (Lipinski definition) is 6. The molecule has 0 aliphatic heterocycles. The van der Waals surface area contributed by atoms with Crippen molar-refractivity contribution in [3.8, 4) is 17.7 Å². The number of carbonyl (C=O) groups is 1. The predicted molar refractivity (Wildman–Crippen MR) is 113 cm³/mol. The Hall–Kier alpha value is -3.11. The molecule has 0 spiro atoms. The number of aryl methyl sites for hydroxylation is 1. The lowest BCUT2D eigenvalue weighted by atomic mass is 9.99. The highest BCUT2D eigenvalue weighted by atomic mass is 16.5. The molecule has 7 nitrogen and oxygen atoms in total. The second kappa shape index (κ2) is 10.6. The first kappa shape index (κ1) is 23.2. The number of Topliss-reactive ketones (excluding diaryl/α,β-unsaturated/α-hetero) is 1. The van der Waals surface area contributed by atoms with Gasteiger partial charge in [-0.15, -0.1) is 0 Å². The average molecular weight is 412 g/mol. The Morgan fingerprint density at radius 1 is 1.27 bits per heavy atom. The van der Waals surface area contributed by atoms with E-state index in [2.05, 4.69) is 0 Å². The minimum Gasteiger partial charge on any atom is -0.494 e. The molecule has 0 saturated heterocycles. The normalized spacial score (nSPS) is 11.7. The van der Waals surface area contributed by atoms with Crippen molar-refractivity contribution in [2.45, 2.75) is 53.2 Å². The molecule has 1 unspecified atom stereocenters. The summed E-state index contributed by atoms with van der Waals surface area (Å²) in [7, 11) is 0. The molecule has 0 amide bonds. The SMILES string of the molecule is CCOCCCn1c(O)c(C(=O)C(C)Oc2ccc(CC)cc2)c(C)c(C#N)c1=O. The molecular weight excluding hydrogens is 384 g/mol. The summed E-state index contributed by atoms with van der Waals surface area (Å²) >= 11 is 0. The van der Waals surface area contributed by atoms with Crippen LogP contribution in [0.5, 0.6) is 11.6 Å². The smallest absolute Gasteiger partial charge is 0.271 e. The van der Waals surface area contributed by atoms with Crippen LogP contribution < -0.4 is 10.3 Å². The van der Waals surface area contributed by atoms with Crippen LogP contribution in [0.3, 0.4) is 0 Å². The monoisotopic (exact) mass is 412 g/mol. The molecule has 0 fully saturated rings. The van der Waals surface area contributed by atoms with Gasteiger partial charge >= 0.3 is 0 Å². The topological polar surface area (TPSA) is 102 Å². The molecule has 1 N–H and O–H groups in total. The first-order chi connectivity index (χ1) is 14.3. The summed E-state index contributed by atoms with van der Waals surface area (Å²) in [6, 6.07) is 9.26. The molecular formula is C23H28N2O5. The lowest BCUT2D eigenvalue weighted by molar-refractivity contribution is 0.0812. The van der Waals surface area contributed by atoms with Gasteiger partial charge in [-0.2, -0.15) is 5.26 Å². The third-order valence-electron chi connectivity index (χ3n) is 4.93. The molecule has 7 heteroatoms. The Morgan fingerprint density at radius 2 is 1.93 bits per heavy atom. The minimum atomic E-state index is -0.914. The summed E-state index contributed by atoms with van der Waals surface area (Å²) < 4.78 is 12.1. The molecule has 1 atom stereocenters. The van der Waals surface area contributed by atoms with Crippen molar-refractivity contribution in [2.24, 2.45) is 0 Å². The number of ether oxygens (including phenoxy) is 2. The highest BCUT2D eigenvalue weighted by Crippen LogP contribution is 2.25. The molecule has 1 heterocycles. The van der Waals surface area contributed by atoms with Crippen molar-refractivity contribution < 1.29 is 19.4 Å². The molecule has 160 valence electrons. The maximum absolute atomic E-state index is 13.1. The van der Waals surface area contributed by atoms with Crippen LogP contribution in [-0.4, -0.2) is 34.8 Å². The van der Waals surface area contributed by atoms with Gasteiger partial charge in [-0.1, -0.05) is 19.1 Å². The lowest BCUT2D eigenvalue weighted by Gasteiger charge is -2.19. The van der Waals surface area contributed by atoms with Gasteiger partial charge in [0.1, 0.15) is 17.4 Å². The molecule has 0 bridgehead atoms. The van der Waals surface area contributed by atoms with E-state index in [1.54, 1.807) is 19.1 Å². The summed E-state index contributed by atoms with van der Waals surface area (Å²) in [6.07, 6.45) is 0.436. The molecule has 0 aliphatic carbocycles. The van der Waals surface area contributed by atoms with Crippen LogP contribution in [-0.2, 0) is 17.7 Å². The molecule has 1 aromatic carbocycles. The predicted octanol–water partition coefficient (Wildman–Crippen LogP) is 3.37. The highest BCUT2D eigenvalue weighted by molar-refractivity contribution is 6.03. The largest absolute Gasteiger partial charge is 0.494 e. The summed E-state index contributed by atoms with van der Waals surface area (Å²) in [5.41, 5.74) is 0.451. The molecule has 0 radical (unpaired) electrons. The van der Waals surface area contributed by atoms with Crippen molar-refractivity contribution in [3.63, 3.8) is 0 Å². The number of rotatable bonds is 10. The van der Waals surface area contributed by atoms with E-state index in [1.807, 2.05) is 32.0 Å². The van der Waals surface area contributed by atoms with Crippen LogP contribution in [0.4, 0.5) is 0 Å². The summed E-state index contributed by atoms with van der Waals surface area (Å²) in [5.74, 6) is -0.426. The number of hydrogen-bond donors (Lipinski definition) is 1. The Bertz CT molecular complexity index is 987. The number of benzene rings is 1. The van der Waals surface area contributed by atoms with E-state index in [0.717, 1.165) is 16.6 Å². The molecule has 1 aromatic heterocycles. The molecule has 2 aromatic rings. The summed E-state index contributed by atoms with van der Waals surface area (Å²) in [5, 5.41) is 20.2. The first-order valence-electron chi connectivity index (χ1n) is 10.1. The second-order valence-electron chi connectivity index (χ2n) is 6.94. The highest BCUT2D eigenvalue weighted by Gasteiger charge is 2.28. The van der Waals surface area contributed by atoms with E-state index < -0.39 is 23.3 Å². The minimum absolute atomic E-state index is 0.0692. The molecule has 30 heavy (non-hydrogen) atoms. The van der Waals surface area contributed by atoms with E-state index in [4.69, 9.17) is 9.47 Å². The average Bonchev–Trinajstić information content (AvgIpc) is 2.74. The van der Waals surface area contributed by atoms with Crippen LogP contribution >= 0.6 is 0 Å². The van der Waals surface area contributed by atoms with E-state index in [-0.39, 0.29) is 23.2 Å². The van der Waals surface area contributed by atoms with Gasteiger partial charge < -0.3 is 14.6 Å². The van der Waals surface area contributed by atoms with Crippen LogP contribution in [0.2, 0.25) is 0 Å². The molecule has 0 saturated carbocycles. The van der Waals surface area contributed by atoms with Gasteiger partial charge in [0.2, 0.25) is 11.7 Å². The Balaban J connectivity index is 2.36. The maximum Gasteiger partial charge on any atom is 0.271 e. The van der Waals surface area contributed by atoms with E-state index in [1.165, 1.54) is 6.92 Å². The van der Waals surface area contributed by atoms with Gasteiger partial charge in [-0.25, -0.2) is 0 Å². The van der Waals surface area contributed by atoms with Crippen molar-refractivity contribution in [1.82, 2.24) is 4.57 Å². The van der Waals surface area contributed by atoms with Crippen LogP contribution in [0, 0.1) is 18.3 Å². The first-order valence-corrected chi connectivity index (χ1v) is 10.1. The number of aromatic nitrogens is 1. The van der Waals surface area contributed by atoms with Gasteiger partial charge in [-0.05, 0) is 56.9 Å². The fourth-order valence-corrected chi connectivity index (χ4v) is 3.19. The van der Waals surface area contributed by atoms with Crippen LogP contribution in [0.1, 0.15) is 54.2 Å². The standard InChI is InChI=1S/C23H28N2O5/c1-5-17-8-10-18(11-9-17)30-16(4)21(26)20-15(3)19(14-24)22(27)25(23(20)28)12-7-13-29-6-2/h8-11,16,28H,5-7,12-13H2,1-4H3. The van der Waals surface area contributed by atoms with Gasteiger partial charge in [-0.3, -0.25) is 14.2 Å². The van der Waals surface area contributed by atoms with Gasteiger partial charge in [0.05, 0.1) is 5.56 Å². The Kier molecular flexibility index (Phi) is 8.19. The third-order valence-corrected chi connectivity index (χ3v) is 4.93. The summed E-state index contributed by atoms with van der Waals surface area (Å²) in [4.78, 5) is 25.7. The van der Waals surface area contributed by atoms with Crippen molar-refractivity contribution in [3.05, 3.63) is 56.9 Å². The van der Waals surface area contributed by atoms with E-state index >= 15 is 0 Å². The van der Waals surface area contributed by atoms with Crippen LogP contribution in [0.15, 0.2) is 29.1 Å². The fraction of sp³-hybridized carbons (Fsp3) is 0.435. The number of pyridine rings is 1. The van der Waals surface area contributed by atoms with Crippen molar-refractivity contribution in [1.29, 1.82) is 5.26 Å². The van der Waals surface area contributed by atoms with Gasteiger partial charge in [0.25, 0.3) is 5.56 Å². The van der Waals surface area contributed by atoms with E-state index in [0.29, 0.717) is 25.4 Å². The van der Waals surface area contributed by atoms with Crippen molar-refractivity contribution >= 4 is 5.78 Å². The Labute approximate surface area is 176 Å². The van der Waals surface area contributed by atoms with Crippen molar-refractivity contribution in [2.75, 3.05) is 13.2 Å².